The summed E-state index contributed by atoms with van der Waals surface area (Å²) < 4.78 is 53.3. The molecule has 0 saturated carbocycles. The normalized spacial score (nSPS) is 8.29. The number of hydrogen-bond acceptors (Lipinski definition) is 8. The summed E-state index contributed by atoms with van der Waals surface area (Å²) in [6.07, 6.45) is 0. The molecule has 0 amide bonds. The fourth-order valence-electron chi connectivity index (χ4n) is 0. The second kappa shape index (κ2) is 17.6. The van der Waals surface area contributed by atoms with Gasteiger partial charge in [0.15, 0.2) is 0 Å². The van der Waals surface area contributed by atoms with E-state index in [1.165, 1.54) is 0 Å². The van der Waals surface area contributed by atoms with Gasteiger partial charge in [-0.2, -0.15) is 0 Å². The predicted octanol–water partition coefficient (Wildman–Crippen LogP) is -14.0. The summed E-state index contributed by atoms with van der Waals surface area (Å²) in [5.74, 6) is 0. The Balaban J connectivity index is -0.0000000178. The smallest absolute Gasteiger partial charge is 0.780 e. The molecule has 0 N–H and O–H groups in total. The third-order valence-electron chi connectivity index (χ3n) is 0. The second-order valence-electron chi connectivity index (χ2n) is 0.816. The van der Waals surface area contributed by atoms with E-state index in [1.54, 1.807) is 0 Å². The molecule has 14 heavy (non-hydrogen) atoms. The van der Waals surface area contributed by atoms with Gasteiger partial charge in [-0.05, 0) is 22.4 Å². The van der Waals surface area contributed by atoms with Crippen LogP contribution in [0.1, 0.15) is 0 Å². The quantitative estimate of drug-likeness (QED) is 0.403. The number of rotatable bonds is 0. The summed E-state index contributed by atoms with van der Waals surface area (Å²) in [5, 5.41) is 0. The van der Waals surface area contributed by atoms with E-state index in [2.05, 4.69) is 22.4 Å². The molecule has 0 aliphatic carbocycles. The van der Waals surface area contributed by atoms with Crippen LogP contribution in [0.25, 0.3) is 0 Å². The van der Waals surface area contributed by atoms with Crippen molar-refractivity contribution in [3.05, 3.63) is 0 Å². The van der Waals surface area contributed by atoms with Crippen molar-refractivity contribution in [3.8, 4) is 0 Å². The van der Waals surface area contributed by atoms with Gasteiger partial charge in [0, 0.05) is 0 Å². The SMILES string of the molecule is O=S([O-])([O-])=S.O=S([O-])([O-])=S.[Na+].[Na+].[Na+].[Na+]. The summed E-state index contributed by atoms with van der Waals surface area (Å²) in [4.78, 5) is 0. The molecule has 0 aromatic carbocycles. The Labute approximate surface area is 181 Å². The largest absolute Gasteiger partial charge is 1.00 e. The molecule has 6 nitrogen and oxygen atoms in total. The van der Waals surface area contributed by atoms with Crippen LogP contribution in [0.2, 0.25) is 0 Å². The topological polar surface area (TPSA) is 126 Å². The van der Waals surface area contributed by atoms with Gasteiger partial charge >= 0.3 is 118 Å². The fraction of sp³-hybridized carbons (Fsp3) is 0. The van der Waals surface area contributed by atoms with Crippen LogP contribution in [0.15, 0.2) is 0 Å². The maximum Gasteiger partial charge on any atom is 1.00 e. The minimum atomic E-state index is -4.33. The molecule has 0 aliphatic rings. The van der Waals surface area contributed by atoms with Crippen LogP contribution in [-0.2, 0) is 40.5 Å². The molecule has 0 saturated heterocycles. The van der Waals surface area contributed by atoms with Gasteiger partial charge < -0.3 is 18.2 Å². The van der Waals surface area contributed by atoms with Gasteiger partial charge in [-0.1, -0.05) is 0 Å². The van der Waals surface area contributed by atoms with Crippen LogP contribution >= 0.6 is 0 Å². The molecular formula is Na4O6S4. The third kappa shape index (κ3) is 192. The van der Waals surface area contributed by atoms with Gasteiger partial charge in [0.25, 0.3) is 0 Å². The van der Waals surface area contributed by atoms with Crippen molar-refractivity contribution < 1.29 is 145 Å². The van der Waals surface area contributed by atoms with Crippen molar-refractivity contribution in [1.82, 2.24) is 0 Å². The van der Waals surface area contributed by atoms with Crippen molar-refractivity contribution >= 4 is 40.5 Å². The van der Waals surface area contributed by atoms with E-state index in [4.69, 9.17) is 26.6 Å². The average Bonchev–Trinajstić information content (AvgIpc) is 1.12. The molecule has 64 valence electrons. The number of hydrogen-bond donors (Lipinski definition) is 0. The van der Waals surface area contributed by atoms with Crippen molar-refractivity contribution in [1.29, 1.82) is 0 Å². The molecular weight excluding hydrogens is 316 g/mol. The van der Waals surface area contributed by atoms with Crippen LogP contribution in [0, 0.1) is 0 Å². The zero-order valence-electron chi connectivity index (χ0n) is 8.08. The summed E-state index contributed by atoms with van der Waals surface area (Å²) in [6.45, 7) is 0. The van der Waals surface area contributed by atoms with Gasteiger partial charge in [0.05, 0.1) is 0 Å². The second-order valence-corrected chi connectivity index (χ2v) is 4.90. The molecule has 0 radical (unpaired) electrons. The monoisotopic (exact) mass is 316 g/mol. The minimum Gasteiger partial charge on any atom is -0.780 e. The Morgan fingerprint density at radius 1 is 0.643 bits per heavy atom. The first kappa shape index (κ1) is 36.3. The van der Waals surface area contributed by atoms with Crippen LogP contribution < -0.4 is 118 Å². The Kier molecular flexibility index (Phi) is 45.6. The van der Waals surface area contributed by atoms with Crippen molar-refractivity contribution in [2.24, 2.45) is 0 Å². The predicted molar refractivity (Wildman–Crippen MR) is 34.1 cm³/mol. The first-order valence-corrected chi connectivity index (χ1v) is 6.00. The van der Waals surface area contributed by atoms with Gasteiger partial charge in [-0.3, -0.25) is 8.42 Å². The maximum atomic E-state index is 8.89. The third-order valence-corrected chi connectivity index (χ3v) is 0. The molecule has 0 rings (SSSR count). The molecule has 0 bridgehead atoms. The van der Waals surface area contributed by atoms with Crippen LogP contribution in [0.5, 0.6) is 0 Å². The van der Waals surface area contributed by atoms with Crippen LogP contribution in [-0.4, -0.2) is 26.6 Å². The van der Waals surface area contributed by atoms with Crippen LogP contribution in [0.3, 0.4) is 0 Å². The van der Waals surface area contributed by atoms with Gasteiger partial charge in [-0.25, -0.2) is 0 Å². The van der Waals surface area contributed by atoms with Crippen LogP contribution in [0.4, 0.5) is 0 Å². The molecule has 0 heterocycles. The molecule has 0 aromatic heterocycles. The van der Waals surface area contributed by atoms with Gasteiger partial charge in [-0.15, -0.1) is 18.1 Å². The maximum absolute atomic E-state index is 8.89. The molecule has 14 heteroatoms. The Bertz CT molecular complexity index is 218. The molecule has 0 aromatic rings. The zero-order chi connectivity index (χ0) is 9.00. The van der Waals surface area contributed by atoms with E-state index in [0.29, 0.717) is 0 Å². The summed E-state index contributed by atoms with van der Waals surface area (Å²) >= 11 is 6.49. The molecule has 0 spiro atoms. The van der Waals surface area contributed by atoms with Gasteiger partial charge in [0.2, 0.25) is 0 Å². The molecule has 0 atom stereocenters. The van der Waals surface area contributed by atoms with E-state index in [9.17, 15) is 0 Å². The van der Waals surface area contributed by atoms with Crippen molar-refractivity contribution in [2.45, 2.75) is 0 Å². The van der Waals surface area contributed by atoms with Crippen molar-refractivity contribution in [2.75, 3.05) is 0 Å². The van der Waals surface area contributed by atoms with E-state index in [0.717, 1.165) is 0 Å². The van der Waals surface area contributed by atoms with Crippen molar-refractivity contribution in [3.63, 3.8) is 0 Å². The Morgan fingerprint density at radius 3 is 0.643 bits per heavy atom. The van der Waals surface area contributed by atoms with E-state index < -0.39 is 18.1 Å². The van der Waals surface area contributed by atoms with Gasteiger partial charge in [0.1, 0.15) is 0 Å². The minimum absolute atomic E-state index is 0. The van der Waals surface area contributed by atoms with E-state index >= 15 is 0 Å². The molecule has 0 aliphatic heterocycles. The first-order chi connectivity index (χ1) is 4.00. The standard InChI is InChI=1S/4Na.2H2O3S2/c;;;;2*1-5(2,3)4/h;;;;2*(H2,1,2,3,4)/q4*+1;;/p-4. The van der Waals surface area contributed by atoms with E-state index in [1.807, 2.05) is 0 Å². The first-order valence-electron chi connectivity index (χ1n) is 1.33. The Morgan fingerprint density at radius 2 is 0.643 bits per heavy atom. The summed E-state index contributed by atoms with van der Waals surface area (Å²) in [7, 11) is -8.67. The van der Waals surface area contributed by atoms with E-state index in [-0.39, 0.29) is 118 Å². The summed E-state index contributed by atoms with van der Waals surface area (Å²) in [6, 6.07) is 0. The fourth-order valence-corrected chi connectivity index (χ4v) is 0. The average molecular weight is 316 g/mol. The molecule has 0 unspecified atom stereocenters. The summed E-state index contributed by atoms with van der Waals surface area (Å²) in [5.41, 5.74) is 0. The zero-order valence-corrected chi connectivity index (χ0v) is 19.3. The molecule has 0 fully saturated rings. The Hall–Kier alpha value is 4.58.